The number of aryl methyl sites for hydroxylation is 2. The van der Waals surface area contributed by atoms with Crippen LogP contribution in [0.25, 0.3) is 0 Å². The van der Waals surface area contributed by atoms with Crippen molar-refractivity contribution in [2.75, 3.05) is 4.90 Å². The fourth-order valence-corrected chi connectivity index (χ4v) is 6.19. The smallest absolute Gasteiger partial charge is 0.161 e. The average Bonchev–Trinajstić information content (AvgIpc) is 2.89. The summed E-state index contributed by atoms with van der Waals surface area (Å²) in [5.74, 6) is 0.678. The predicted octanol–water partition coefficient (Wildman–Crippen LogP) is 7.71. The number of carbonyl (C=O) groups excluding carboxylic acids is 1. The van der Waals surface area contributed by atoms with Crippen LogP contribution in [0.5, 0.6) is 5.75 Å². The second-order valence-corrected chi connectivity index (χ2v) is 11.4. The van der Waals surface area contributed by atoms with E-state index in [1.54, 1.807) is 0 Å². The van der Waals surface area contributed by atoms with E-state index in [4.69, 9.17) is 10.5 Å². The minimum absolute atomic E-state index is 0.0717. The van der Waals surface area contributed by atoms with Gasteiger partial charge in [0.25, 0.3) is 0 Å². The van der Waals surface area contributed by atoms with Crippen molar-refractivity contribution in [3.8, 4) is 11.8 Å². The lowest BCUT2D eigenvalue weighted by atomic mass is 9.74. The minimum Gasteiger partial charge on any atom is -0.488 e. The predicted molar refractivity (Wildman–Crippen MR) is 156 cm³/mol. The molecule has 1 aliphatic heterocycles. The molecular formula is C31H27Br2N3O2. The summed E-state index contributed by atoms with van der Waals surface area (Å²) in [6.45, 7) is 4.44. The molecule has 0 bridgehead atoms. The summed E-state index contributed by atoms with van der Waals surface area (Å²) in [5, 5.41) is 10.4. The fourth-order valence-electron chi connectivity index (χ4n) is 5.41. The number of Topliss-reactive ketones (excluding diaryl/α,β-unsaturated/α-hetero) is 1. The van der Waals surface area contributed by atoms with E-state index in [1.165, 1.54) is 0 Å². The molecule has 38 heavy (non-hydrogen) atoms. The highest BCUT2D eigenvalue weighted by molar-refractivity contribution is 9.10. The van der Waals surface area contributed by atoms with Crippen molar-refractivity contribution in [1.29, 1.82) is 5.26 Å². The summed E-state index contributed by atoms with van der Waals surface area (Å²) in [4.78, 5) is 15.4. The van der Waals surface area contributed by atoms with Crippen molar-refractivity contribution >= 4 is 43.3 Å². The number of nitrogens with zero attached hydrogens (tertiary/aromatic N) is 2. The molecule has 0 aromatic heterocycles. The Bertz CT molecular complexity index is 1550. The third-order valence-corrected chi connectivity index (χ3v) is 8.38. The monoisotopic (exact) mass is 631 g/mol. The molecule has 1 atom stereocenters. The molecule has 0 spiro atoms. The highest BCUT2D eigenvalue weighted by Gasteiger charge is 2.41. The number of benzene rings is 3. The number of ketones is 1. The maximum Gasteiger partial charge on any atom is 0.161 e. The summed E-state index contributed by atoms with van der Waals surface area (Å²) >= 11 is 7.09. The molecule has 0 radical (unpaired) electrons. The molecule has 3 aromatic rings. The summed E-state index contributed by atoms with van der Waals surface area (Å²) in [6, 6.07) is 22.1. The first-order valence-corrected chi connectivity index (χ1v) is 14.1. The number of anilines is 1. The van der Waals surface area contributed by atoms with Crippen LogP contribution in [0.15, 0.2) is 92.3 Å². The fraction of sp³-hybridized carbons (Fsp3) is 0.226. The second-order valence-electron chi connectivity index (χ2n) is 9.65. The highest BCUT2D eigenvalue weighted by Crippen LogP contribution is 2.47. The summed E-state index contributed by atoms with van der Waals surface area (Å²) in [5.41, 5.74) is 13.5. The molecular weight excluding hydrogens is 606 g/mol. The van der Waals surface area contributed by atoms with E-state index in [1.807, 2.05) is 60.4 Å². The van der Waals surface area contributed by atoms with Crippen LogP contribution < -0.4 is 15.4 Å². The van der Waals surface area contributed by atoms with Crippen molar-refractivity contribution in [3.63, 3.8) is 0 Å². The highest BCUT2D eigenvalue weighted by atomic mass is 79.9. The molecule has 0 amide bonds. The molecule has 7 heteroatoms. The first-order chi connectivity index (χ1) is 18.3. The van der Waals surface area contributed by atoms with E-state index in [0.29, 0.717) is 36.4 Å². The van der Waals surface area contributed by atoms with Gasteiger partial charge < -0.3 is 10.5 Å². The first kappa shape index (κ1) is 26.3. The van der Waals surface area contributed by atoms with Crippen LogP contribution in [-0.4, -0.2) is 5.78 Å². The maximum absolute atomic E-state index is 13.5. The van der Waals surface area contributed by atoms with Gasteiger partial charge in [-0.3, -0.25) is 9.69 Å². The van der Waals surface area contributed by atoms with Crippen molar-refractivity contribution in [2.45, 2.75) is 45.6 Å². The summed E-state index contributed by atoms with van der Waals surface area (Å²) in [6.07, 6.45) is 1.93. The number of rotatable bonds is 5. The largest absolute Gasteiger partial charge is 0.488 e. The van der Waals surface area contributed by atoms with Crippen LogP contribution in [0.4, 0.5) is 5.69 Å². The van der Waals surface area contributed by atoms with Crippen LogP contribution in [0, 0.1) is 25.2 Å². The van der Waals surface area contributed by atoms with Crippen molar-refractivity contribution in [3.05, 3.63) is 115 Å². The van der Waals surface area contributed by atoms with Gasteiger partial charge in [-0.25, -0.2) is 0 Å². The lowest BCUT2D eigenvalue weighted by Crippen LogP contribution is -2.39. The third kappa shape index (κ3) is 4.79. The summed E-state index contributed by atoms with van der Waals surface area (Å²) in [7, 11) is 0. The number of hydrogen-bond acceptors (Lipinski definition) is 5. The molecule has 0 saturated heterocycles. The second kappa shape index (κ2) is 10.8. The number of ether oxygens (including phenoxy) is 1. The van der Waals surface area contributed by atoms with E-state index in [0.717, 1.165) is 54.8 Å². The molecule has 5 nitrogen and oxygen atoms in total. The van der Waals surface area contributed by atoms with Gasteiger partial charge in [-0.05, 0) is 95.2 Å². The van der Waals surface area contributed by atoms with Gasteiger partial charge in [0.1, 0.15) is 18.2 Å². The normalized spacial score (nSPS) is 17.4. The molecule has 2 aliphatic rings. The zero-order valence-electron chi connectivity index (χ0n) is 21.2. The van der Waals surface area contributed by atoms with Crippen molar-refractivity contribution < 1.29 is 9.53 Å². The van der Waals surface area contributed by atoms with Gasteiger partial charge in [0, 0.05) is 27.9 Å². The SMILES string of the molecule is Cc1cc(C)c(C2C(C#N)=C(N)N(c3cccc(Br)c3)C3=C2C(=O)CCC3)cc1COc1ccccc1Br. The topological polar surface area (TPSA) is 79.4 Å². The molecule has 192 valence electrons. The number of halogens is 2. The minimum atomic E-state index is -0.519. The van der Waals surface area contributed by atoms with Gasteiger partial charge in [0.05, 0.1) is 22.0 Å². The number of hydrogen-bond donors (Lipinski definition) is 1. The zero-order chi connectivity index (χ0) is 27.0. The Hall–Kier alpha value is -3.34. The maximum atomic E-state index is 13.5. The van der Waals surface area contributed by atoms with Gasteiger partial charge in [0.15, 0.2) is 5.78 Å². The Morgan fingerprint density at radius 2 is 1.84 bits per heavy atom. The quantitative estimate of drug-likeness (QED) is 0.312. The molecule has 3 aromatic carbocycles. The Kier molecular flexibility index (Phi) is 7.47. The lowest BCUT2D eigenvalue weighted by molar-refractivity contribution is -0.116. The Morgan fingerprint density at radius 3 is 2.58 bits per heavy atom. The van der Waals surface area contributed by atoms with E-state index in [-0.39, 0.29) is 5.78 Å². The molecule has 1 aliphatic carbocycles. The van der Waals surface area contributed by atoms with Crippen LogP contribution in [0.3, 0.4) is 0 Å². The third-order valence-electron chi connectivity index (χ3n) is 7.24. The lowest BCUT2D eigenvalue weighted by Gasteiger charge is -2.40. The Labute approximate surface area is 239 Å². The summed E-state index contributed by atoms with van der Waals surface area (Å²) < 4.78 is 7.92. The molecule has 2 N–H and O–H groups in total. The van der Waals surface area contributed by atoms with Crippen LogP contribution in [-0.2, 0) is 11.4 Å². The molecule has 5 rings (SSSR count). The van der Waals surface area contributed by atoms with Crippen LogP contribution in [0.2, 0.25) is 0 Å². The van der Waals surface area contributed by atoms with Gasteiger partial charge in [-0.1, -0.05) is 46.3 Å². The van der Waals surface area contributed by atoms with Gasteiger partial charge in [-0.2, -0.15) is 5.26 Å². The van der Waals surface area contributed by atoms with E-state index in [9.17, 15) is 10.1 Å². The van der Waals surface area contributed by atoms with Gasteiger partial charge in [0.2, 0.25) is 0 Å². The average molecular weight is 633 g/mol. The number of nitrogens with two attached hydrogens (primary N) is 1. The van der Waals surface area contributed by atoms with E-state index >= 15 is 0 Å². The van der Waals surface area contributed by atoms with Crippen LogP contribution >= 0.6 is 31.9 Å². The van der Waals surface area contributed by atoms with Gasteiger partial charge in [-0.15, -0.1) is 0 Å². The zero-order valence-corrected chi connectivity index (χ0v) is 24.4. The van der Waals surface area contributed by atoms with Crippen molar-refractivity contribution in [2.24, 2.45) is 5.73 Å². The van der Waals surface area contributed by atoms with Crippen molar-refractivity contribution in [1.82, 2.24) is 0 Å². The molecule has 1 heterocycles. The molecule has 1 unspecified atom stereocenters. The van der Waals surface area contributed by atoms with E-state index < -0.39 is 5.92 Å². The number of para-hydroxylation sites is 1. The molecule has 0 fully saturated rings. The molecule has 0 saturated carbocycles. The van der Waals surface area contributed by atoms with Gasteiger partial charge >= 0.3 is 0 Å². The first-order valence-electron chi connectivity index (χ1n) is 12.5. The van der Waals surface area contributed by atoms with E-state index in [2.05, 4.69) is 57.0 Å². The number of nitriles is 1. The number of allylic oxidation sites excluding steroid dienone is 3. The Balaban J connectivity index is 1.64. The standard InChI is InChI=1S/C31H27Br2N3O2/c1-18-13-19(2)23(14-20(18)17-38-28-12-4-3-9-25(28)33)29-24(16-34)31(35)36(22-8-5-7-21(32)15-22)26-10-6-11-27(37)30(26)29/h3-5,7-9,12-15,29H,6,10-11,17,35H2,1-2H3. The van der Waals surface area contributed by atoms with Crippen LogP contribution in [0.1, 0.15) is 47.4 Å². The number of carbonyl (C=O) groups is 1. The Morgan fingerprint density at radius 1 is 1.05 bits per heavy atom.